The van der Waals surface area contributed by atoms with E-state index in [9.17, 15) is 4.79 Å². The molecule has 2 aromatic rings. The molecule has 0 radical (unpaired) electrons. The van der Waals surface area contributed by atoms with Crippen LogP contribution in [0.3, 0.4) is 0 Å². The van der Waals surface area contributed by atoms with E-state index in [1.165, 1.54) is 11.1 Å². The van der Waals surface area contributed by atoms with Crippen LogP contribution in [0.1, 0.15) is 37.2 Å². The van der Waals surface area contributed by atoms with E-state index in [2.05, 4.69) is 36.0 Å². The largest absolute Gasteiger partial charge is 0.326 e. The summed E-state index contributed by atoms with van der Waals surface area (Å²) in [6.45, 7) is 4.26. The number of nitrogens with zero attached hydrogens (tertiary/aromatic N) is 2. The van der Waals surface area contributed by atoms with Crippen molar-refractivity contribution in [3.05, 3.63) is 93.2 Å². The van der Waals surface area contributed by atoms with Crippen molar-refractivity contribution < 1.29 is 0 Å². The molecule has 2 bridgehead atoms. The molecule has 1 N–H and O–H groups in total. The number of pyridine rings is 2. The first-order valence-electron chi connectivity index (χ1n) is 9.32. The Hall–Kier alpha value is -3.01. The molecule has 0 spiro atoms. The van der Waals surface area contributed by atoms with Crippen LogP contribution in [0.4, 0.5) is 0 Å². The Balaban J connectivity index is 1.79. The lowest BCUT2D eigenvalue weighted by molar-refractivity contribution is 0.413. The maximum absolute atomic E-state index is 11.9. The van der Waals surface area contributed by atoms with E-state index in [-0.39, 0.29) is 11.5 Å². The number of nitrogens with one attached hydrogen (secondary N) is 1. The molecular formula is C23H23N3O. The Kier molecular flexibility index (Phi) is 4.48. The van der Waals surface area contributed by atoms with E-state index in [0.29, 0.717) is 0 Å². The lowest BCUT2D eigenvalue weighted by Gasteiger charge is -2.45. The van der Waals surface area contributed by atoms with Crippen LogP contribution in [0.25, 0.3) is 6.08 Å². The molecule has 0 saturated carbocycles. The first kappa shape index (κ1) is 17.4. The number of aromatic amines is 1. The van der Waals surface area contributed by atoms with Crippen molar-refractivity contribution in [3.8, 4) is 0 Å². The zero-order chi connectivity index (χ0) is 18.9. The van der Waals surface area contributed by atoms with Crippen molar-refractivity contribution in [2.45, 2.75) is 32.2 Å². The molecule has 0 aliphatic heterocycles. The summed E-state index contributed by atoms with van der Waals surface area (Å²) in [5.74, 6) is 0.284. The summed E-state index contributed by atoms with van der Waals surface area (Å²) in [6.07, 6.45) is 13.7. The van der Waals surface area contributed by atoms with Gasteiger partial charge in [-0.05, 0) is 56.2 Å². The number of hydrogen-bond acceptors (Lipinski definition) is 3. The first-order valence-corrected chi connectivity index (χ1v) is 9.32. The molecule has 4 heteroatoms. The molecule has 2 aliphatic rings. The number of H-pyrrole nitrogens is 1. The molecule has 2 heterocycles. The fourth-order valence-electron chi connectivity index (χ4n) is 4.44. The number of allylic oxidation sites excluding steroid dienone is 3. The number of aromatic nitrogens is 2. The molecule has 0 saturated heterocycles. The summed E-state index contributed by atoms with van der Waals surface area (Å²) in [7, 11) is 0. The fourth-order valence-corrected chi connectivity index (χ4v) is 4.44. The third kappa shape index (κ3) is 3.12. The predicted molar refractivity (Wildman–Crippen MR) is 110 cm³/mol. The van der Waals surface area contributed by atoms with Gasteiger partial charge in [-0.2, -0.15) is 0 Å². The van der Waals surface area contributed by atoms with Gasteiger partial charge in [0.15, 0.2) is 0 Å². The Labute approximate surface area is 159 Å². The topological polar surface area (TPSA) is 58.1 Å². The Morgan fingerprint density at radius 2 is 2.19 bits per heavy atom. The standard InChI is InChI=1S/C23H23N3O/c1-3-19-17-13-16(2)15-23(19,20-9-10-22(27)26-21(20)14-17)25-12-6-8-18-7-4-5-11-24-18/h3-13,17H,14-15H2,1-2H3,(H,26,27)/b8-6+,19-3+,25-12+/t17-,23+/m0/s1. The molecule has 4 nitrogen and oxygen atoms in total. The normalized spacial score (nSPS) is 25.8. The van der Waals surface area contributed by atoms with Crippen molar-refractivity contribution in [3.63, 3.8) is 0 Å². The Morgan fingerprint density at radius 1 is 1.30 bits per heavy atom. The summed E-state index contributed by atoms with van der Waals surface area (Å²) in [4.78, 5) is 24.3. The molecule has 2 atom stereocenters. The summed E-state index contributed by atoms with van der Waals surface area (Å²) in [5, 5.41) is 0. The molecular weight excluding hydrogens is 334 g/mol. The van der Waals surface area contributed by atoms with Crippen LogP contribution in [0, 0.1) is 5.92 Å². The Bertz CT molecular complexity index is 1030. The van der Waals surface area contributed by atoms with Crippen molar-refractivity contribution >= 4 is 12.3 Å². The highest BCUT2D eigenvalue weighted by Crippen LogP contribution is 2.51. The number of rotatable bonds is 3. The summed E-state index contributed by atoms with van der Waals surface area (Å²) in [5.41, 5.74) is 5.19. The summed E-state index contributed by atoms with van der Waals surface area (Å²) < 4.78 is 0. The third-order valence-electron chi connectivity index (χ3n) is 5.41. The second kappa shape index (κ2) is 6.95. The number of fused-ring (bicyclic) bond motifs is 4. The van der Waals surface area contributed by atoms with Crippen LogP contribution >= 0.6 is 0 Å². The van der Waals surface area contributed by atoms with Gasteiger partial charge in [0, 0.05) is 42.1 Å². The lowest BCUT2D eigenvalue weighted by atomic mass is 9.63. The van der Waals surface area contributed by atoms with Gasteiger partial charge in [0.2, 0.25) is 5.56 Å². The summed E-state index contributed by atoms with van der Waals surface area (Å²) >= 11 is 0. The van der Waals surface area contributed by atoms with Gasteiger partial charge in [0.25, 0.3) is 0 Å². The first-order chi connectivity index (χ1) is 13.1. The van der Waals surface area contributed by atoms with Crippen molar-refractivity contribution in [1.82, 2.24) is 9.97 Å². The van der Waals surface area contributed by atoms with Gasteiger partial charge in [0.05, 0.1) is 5.69 Å². The molecule has 2 aromatic heterocycles. The zero-order valence-corrected chi connectivity index (χ0v) is 15.6. The average molecular weight is 357 g/mol. The van der Waals surface area contributed by atoms with E-state index >= 15 is 0 Å². The molecule has 0 aromatic carbocycles. The van der Waals surface area contributed by atoms with Crippen LogP contribution in [-0.2, 0) is 12.0 Å². The second-order valence-electron chi connectivity index (χ2n) is 7.21. The zero-order valence-electron chi connectivity index (χ0n) is 15.6. The van der Waals surface area contributed by atoms with Gasteiger partial charge >= 0.3 is 0 Å². The van der Waals surface area contributed by atoms with Crippen LogP contribution in [0.2, 0.25) is 0 Å². The highest BCUT2D eigenvalue weighted by Gasteiger charge is 2.46. The molecule has 0 fully saturated rings. The van der Waals surface area contributed by atoms with Crippen molar-refractivity contribution in [2.24, 2.45) is 10.9 Å². The quantitative estimate of drug-likeness (QED) is 0.660. The van der Waals surface area contributed by atoms with Gasteiger partial charge in [-0.15, -0.1) is 0 Å². The maximum atomic E-state index is 11.9. The van der Waals surface area contributed by atoms with Crippen LogP contribution in [0.15, 0.2) is 75.7 Å². The number of aliphatic imine (C=N–C) groups is 1. The van der Waals surface area contributed by atoms with E-state index < -0.39 is 5.54 Å². The molecule has 0 unspecified atom stereocenters. The predicted octanol–water partition coefficient (Wildman–Crippen LogP) is 4.22. The highest BCUT2D eigenvalue weighted by molar-refractivity contribution is 5.78. The van der Waals surface area contributed by atoms with E-state index in [1.54, 1.807) is 12.3 Å². The average Bonchev–Trinajstić information content (AvgIpc) is 2.65. The van der Waals surface area contributed by atoms with Crippen molar-refractivity contribution in [1.29, 1.82) is 0 Å². The molecule has 4 rings (SSSR count). The third-order valence-corrected chi connectivity index (χ3v) is 5.41. The van der Waals surface area contributed by atoms with Gasteiger partial charge < -0.3 is 4.98 Å². The molecule has 0 amide bonds. The lowest BCUT2D eigenvalue weighted by Crippen LogP contribution is -2.40. The highest BCUT2D eigenvalue weighted by atomic mass is 16.1. The SMILES string of the molecule is C/C=C1\[C@H]2C=C(C)C[C@]1(/N=C/C=C/c1ccccn1)c1ccc(=O)[nH]c1C2. The van der Waals surface area contributed by atoms with Gasteiger partial charge in [-0.3, -0.25) is 14.8 Å². The van der Waals surface area contributed by atoms with E-state index in [0.717, 1.165) is 29.8 Å². The molecule has 2 aliphatic carbocycles. The molecule has 136 valence electrons. The fraction of sp³-hybridized carbons (Fsp3) is 0.261. The van der Waals surface area contributed by atoms with Crippen LogP contribution in [-0.4, -0.2) is 16.2 Å². The summed E-state index contributed by atoms with van der Waals surface area (Å²) in [6, 6.07) is 9.39. The smallest absolute Gasteiger partial charge is 0.248 e. The van der Waals surface area contributed by atoms with Crippen LogP contribution < -0.4 is 5.56 Å². The van der Waals surface area contributed by atoms with Gasteiger partial charge in [0.1, 0.15) is 5.54 Å². The minimum absolute atomic E-state index is 0.0503. The van der Waals surface area contributed by atoms with Crippen LogP contribution in [0.5, 0.6) is 0 Å². The second-order valence-corrected chi connectivity index (χ2v) is 7.21. The molecule has 27 heavy (non-hydrogen) atoms. The van der Waals surface area contributed by atoms with Gasteiger partial charge in [-0.25, -0.2) is 0 Å². The minimum atomic E-state index is -0.440. The maximum Gasteiger partial charge on any atom is 0.248 e. The monoisotopic (exact) mass is 357 g/mol. The Morgan fingerprint density at radius 3 is 2.96 bits per heavy atom. The van der Waals surface area contributed by atoms with Crippen molar-refractivity contribution in [2.75, 3.05) is 0 Å². The number of hydrogen-bond donors (Lipinski definition) is 1. The van der Waals surface area contributed by atoms with E-state index in [4.69, 9.17) is 4.99 Å². The van der Waals surface area contributed by atoms with Gasteiger partial charge in [-0.1, -0.05) is 23.8 Å². The minimum Gasteiger partial charge on any atom is -0.326 e. The van der Waals surface area contributed by atoms with E-state index in [1.807, 2.05) is 42.6 Å².